The van der Waals surface area contributed by atoms with E-state index in [0.717, 1.165) is 13.0 Å². The molecule has 2 unspecified atom stereocenters. The summed E-state index contributed by atoms with van der Waals surface area (Å²) in [6, 6.07) is 0.745. The number of carbonyl (C=O) groups is 1. The lowest BCUT2D eigenvalue weighted by atomic mass is 10.2. The molecule has 0 aromatic rings. The summed E-state index contributed by atoms with van der Waals surface area (Å²) in [4.78, 5) is 11.7. The van der Waals surface area contributed by atoms with Crippen LogP contribution in [0.25, 0.3) is 0 Å². The van der Waals surface area contributed by atoms with Gasteiger partial charge in [0.05, 0.1) is 0 Å². The SMILES string of the molecule is CCC(CNC1CCSC1)NC(=O)OC(C)(C)C. The molecule has 0 bridgehead atoms. The molecule has 0 radical (unpaired) electrons. The largest absolute Gasteiger partial charge is 0.444 e. The molecule has 5 heteroatoms. The Labute approximate surface area is 115 Å². The van der Waals surface area contributed by atoms with Gasteiger partial charge in [0.2, 0.25) is 0 Å². The van der Waals surface area contributed by atoms with Crippen LogP contribution < -0.4 is 10.6 Å². The zero-order chi connectivity index (χ0) is 13.6. The standard InChI is InChI=1S/C13H26N2O2S/c1-5-10(8-14-11-6-7-18-9-11)15-12(16)17-13(2,3)4/h10-11,14H,5-9H2,1-4H3,(H,15,16). The van der Waals surface area contributed by atoms with Crippen molar-refractivity contribution in [1.82, 2.24) is 10.6 Å². The van der Waals surface area contributed by atoms with E-state index in [-0.39, 0.29) is 12.1 Å². The molecular weight excluding hydrogens is 248 g/mol. The third-order valence-corrected chi connectivity index (χ3v) is 3.96. The second-order valence-electron chi connectivity index (χ2n) is 5.72. The summed E-state index contributed by atoms with van der Waals surface area (Å²) in [5.74, 6) is 2.43. The van der Waals surface area contributed by atoms with Gasteiger partial charge in [0.25, 0.3) is 0 Å². The van der Waals surface area contributed by atoms with Crippen LogP contribution in [0.1, 0.15) is 40.5 Å². The highest BCUT2D eigenvalue weighted by molar-refractivity contribution is 7.99. The second kappa shape index (κ2) is 7.24. The van der Waals surface area contributed by atoms with Gasteiger partial charge in [-0.05, 0) is 39.4 Å². The molecular formula is C13H26N2O2S. The minimum atomic E-state index is -0.433. The molecule has 1 rings (SSSR count). The topological polar surface area (TPSA) is 50.4 Å². The maximum atomic E-state index is 11.7. The molecule has 0 aromatic carbocycles. The predicted octanol–water partition coefficient (Wildman–Crippen LogP) is 2.38. The molecule has 0 aromatic heterocycles. The van der Waals surface area contributed by atoms with Crippen molar-refractivity contribution in [2.45, 2.75) is 58.2 Å². The average molecular weight is 274 g/mol. The van der Waals surface area contributed by atoms with Crippen LogP contribution in [-0.4, -0.2) is 41.8 Å². The zero-order valence-corrected chi connectivity index (χ0v) is 12.7. The molecule has 2 atom stereocenters. The van der Waals surface area contributed by atoms with Crippen LogP contribution in [0.5, 0.6) is 0 Å². The van der Waals surface area contributed by atoms with E-state index in [1.807, 2.05) is 32.5 Å². The van der Waals surface area contributed by atoms with Crippen molar-refractivity contribution in [2.75, 3.05) is 18.1 Å². The summed E-state index contributed by atoms with van der Waals surface area (Å²) < 4.78 is 5.26. The van der Waals surface area contributed by atoms with Gasteiger partial charge in [-0.1, -0.05) is 6.92 Å². The molecule has 2 N–H and O–H groups in total. The predicted molar refractivity (Wildman–Crippen MR) is 77.2 cm³/mol. The fourth-order valence-electron chi connectivity index (χ4n) is 1.78. The van der Waals surface area contributed by atoms with Crippen molar-refractivity contribution < 1.29 is 9.53 Å². The van der Waals surface area contributed by atoms with E-state index in [0.29, 0.717) is 6.04 Å². The van der Waals surface area contributed by atoms with Gasteiger partial charge in [-0.15, -0.1) is 0 Å². The zero-order valence-electron chi connectivity index (χ0n) is 11.9. The van der Waals surface area contributed by atoms with E-state index in [9.17, 15) is 4.79 Å². The van der Waals surface area contributed by atoms with Crippen molar-refractivity contribution in [3.8, 4) is 0 Å². The highest BCUT2D eigenvalue weighted by Crippen LogP contribution is 2.16. The minimum Gasteiger partial charge on any atom is -0.444 e. The van der Waals surface area contributed by atoms with Gasteiger partial charge in [-0.3, -0.25) is 0 Å². The molecule has 1 amide bonds. The molecule has 1 heterocycles. The number of carbonyl (C=O) groups excluding carboxylic acids is 1. The lowest BCUT2D eigenvalue weighted by Gasteiger charge is -2.24. The molecule has 106 valence electrons. The first-order valence-corrected chi connectivity index (χ1v) is 7.87. The Morgan fingerprint density at radius 1 is 1.50 bits per heavy atom. The second-order valence-corrected chi connectivity index (χ2v) is 6.87. The van der Waals surface area contributed by atoms with Gasteiger partial charge in [0, 0.05) is 24.4 Å². The fraction of sp³-hybridized carbons (Fsp3) is 0.923. The Morgan fingerprint density at radius 2 is 2.22 bits per heavy atom. The maximum Gasteiger partial charge on any atom is 0.407 e. The van der Waals surface area contributed by atoms with Gasteiger partial charge in [-0.2, -0.15) is 11.8 Å². The van der Waals surface area contributed by atoms with Gasteiger partial charge < -0.3 is 15.4 Å². The highest BCUT2D eigenvalue weighted by Gasteiger charge is 2.20. The number of thioether (sulfide) groups is 1. The molecule has 4 nitrogen and oxygen atoms in total. The third-order valence-electron chi connectivity index (χ3n) is 2.80. The third kappa shape index (κ3) is 6.50. The Morgan fingerprint density at radius 3 is 2.72 bits per heavy atom. The Balaban J connectivity index is 2.25. The van der Waals surface area contributed by atoms with Gasteiger partial charge in [0.1, 0.15) is 5.60 Å². The van der Waals surface area contributed by atoms with E-state index in [2.05, 4.69) is 17.6 Å². The first kappa shape index (κ1) is 15.6. The molecule has 0 aliphatic carbocycles. The van der Waals surface area contributed by atoms with Crippen LogP contribution in [0.3, 0.4) is 0 Å². The number of ether oxygens (including phenoxy) is 1. The normalized spacial score (nSPS) is 21.7. The van der Waals surface area contributed by atoms with Crippen molar-refractivity contribution in [1.29, 1.82) is 0 Å². The quantitative estimate of drug-likeness (QED) is 0.808. The summed E-state index contributed by atoms with van der Waals surface area (Å²) in [5, 5.41) is 6.43. The summed E-state index contributed by atoms with van der Waals surface area (Å²) >= 11 is 1.99. The first-order chi connectivity index (χ1) is 8.40. The van der Waals surface area contributed by atoms with Gasteiger partial charge in [0.15, 0.2) is 0 Å². The first-order valence-electron chi connectivity index (χ1n) is 6.71. The number of rotatable bonds is 5. The number of hydrogen-bond donors (Lipinski definition) is 2. The Hall–Kier alpha value is -0.420. The molecule has 0 spiro atoms. The van der Waals surface area contributed by atoms with Crippen LogP contribution in [0.4, 0.5) is 4.79 Å². The smallest absolute Gasteiger partial charge is 0.407 e. The summed E-state index contributed by atoms with van der Waals surface area (Å²) in [7, 11) is 0. The molecule has 0 saturated carbocycles. The Kier molecular flexibility index (Phi) is 6.29. The van der Waals surface area contributed by atoms with E-state index < -0.39 is 5.60 Å². The minimum absolute atomic E-state index is 0.144. The summed E-state index contributed by atoms with van der Waals surface area (Å²) in [5.41, 5.74) is -0.433. The maximum absolute atomic E-state index is 11.7. The van der Waals surface area contributed by atoms with Crippen molar-refractivity contribution in [3.05, 3.63) is 0 Å². The number of hydrogen-bond acceptors (Lipinski definition) is 4. The van der Waals surface area contributed by atoms with E-state index in [1.165, 1.54) is 17.9 Å². The van der Waals surface area contributed by atoms with E-state index in [1.54, 1.807) is 0 Å². The number of alkyl carbamates (subject to hydrolysis) is 1. The summed E-state index contributed by atoms with van der Waals surface area (Å²) in [6.45, 7) is 8.53. The van der Waals surface area contributed by atoms with E-state index in [4.69, 9.17) is 4.74 Å². The van der Waals surface area contributed by atoms with Gasteiger partial charge in [-0.25, -0.2) is 4.79 Å². The summed E-state index contributed by atoms with van der Waals surface area (Å²) in [6.07, 6.45) is 1.82. The van der Waals surface area contributed by atoms with Crippen molar-refractivity contribution in [3.63, 3.8) is 0 Å². The van der Waals surface area contributed by atoms with Crippen molar-refractivity contribution in [2.24, 2.45) is 0 Å². The van der Waals surface area contributed by atoms with Crippen molar-refractivity contribution >= 4 is 17.9 Å². The van der Waals surface area contributed by atoms with Crippen LogP contribution in [0, 0.1) is 0 Å². The lowest BCUT2D eigenvalue weighted by molar-refractivity contribution is 0.0502. The van der Waals surface area contributed by atoms with Crippen LogP contribution in [0.15, 0.2) is 0 Å². The monoisotopic (exact) mass is 274 g/mol. The molecule has 1 aliphatic heterocycles. The number of nitrogens with one attached hydrogen (secondary N) is 2. The van der Waals surface area contributed by atoms with Crippen LogP contribution >= 0.6 is 11.8 Å². The molecule has 18 heavy (non-hydrogen) atoms. The van der Waals surface area contributed by atoms with Gasteiger partial charge >= 0.3 is 6.09 Å². The molecule has 1 saturated heterocycles. The van der Waals surface area contributed by atoms with Crippen LogP contribution in [-0.2, 0) is 4.74 Å². The Bertz CT molecular complexity index is 260. The fourth-order valence-corrected chi connectivity index (χ4v) is 2.96. The molecule has 1 aliphatic rings. The molecule has 1 fully saturated rings. The van der Waals surface area contributed by atoms with E-state index >= 15 is 0 Å². The number of amides is 1. The highest BCUT2D eigenvalue weighted by atomic mass is 32.2. The average Bonchev–Trinajstić information content (AvgIpc) is 2.74. The van der Waals surface area contributed by atoms with Crippen LogP contribution in [0.2, 0.25) is 0 Å². The lowest BCUT2D eigenvalue weighted by Crippen LogP contribution is -2.46.